The number of hydrogen-bond acceptors (Lipinski definition) is 7. The molecular formula is C12H15N5O2S2. The van der Waals surface area contributed by atoms with Crippen molar-refractivity contribution in [3.63, 3.8) is 0 Å². The molecule has 3 rings (SSSR count). The average molecular weight is 325 g/mol. The Balaban J connectivity index is 1.66. The lowest BCUT2D eigenvalue weighted by atomic mass is 10.4. The number of nitrogen functional groups attached to an aromatic ring is 1. The van der Waals surface area contributed by atoms with Crippen LogP contribution >= 0.6 is 11.3 Å². The number of thiophene rings is 1. The number of nitrogens with zero attached hydrogens (tertiary/aromatic N) is 4. The van der Waals surface area contributed by atoms with Crippen molar-refractivity contribution in [1.29, 1.82) is 0 Å². The third-order valence-electron chi connectivity index (χ3n) is 3.23. The molecule has 2 aromatic heterocycles. The predicted molar refractivity (Wildman–Crippen MR) is 82.6 cm³/mol. The number of hydrogen-bond donors (Lipinski definition) is 2. The lowest BCUT2D eigenvalue weighted by Crippen LogP contribution is -2.47. The molecule has 0 saturated carbocycles. The zero-order valence-corrected chi connectivity index (χ0v) is 12.8. The smallest absolute Gasteiger partial charge is 0.225 e. The van der Waals surface area contributed by atoms with Crippen molar-refractivity contribution >= 4 is 34.0 Å². The van der Waals surface area contributed by atoms with Crippen LogP contribution in [-0.4, -0.2) is 49.8 Å². The molecule has 2 aromatic rings. The van der Waals surface area contributed by atoms with E-state index in [-0.39, 0.29) is 11.4 Å². The van der Waals surface area contributed by atoms with Crippen LogP contribution in [0.3, 0.4) is 0 Å². The molecule has 3 N–H and O–H groups in total. The molecule has 0 amide bonds. The first kappa shape index (κ1) is 14.2. The molecule has 1 unspecified atom stereocenters. The van der Waals surface area contributed by atoms with Gasteiger partial charge >= 0.3 is 0 Å². The number of piperazine rings is 1. The molecule has 112 valence electrons. The van der Waals surface area contributed by atoms with Crippen LogP contribution in [0.5, 0.6) is 5.75 Å². The summed E-state index contributed by atoms with van der Waals surface area (Å²) in [5.74, 6) is 0.623. The van der Waals surface area contributed by atoms with E-state index >= 15 is 0 Å². The summed E-state index contributed by atoms with van der Waals surface area (Å²) in [4.78, 5) is 10.5. The lowest BCUT2D eigenvalue weighted by molar-refractivity contribution is 0.405. The zero-order chi connectivity index (χ0) is 14.8. The van der Waals surface area contributed by atoms with E-state index in [4.69, 9.17) is 5.73 Å². The van der Waals surface area contributed by atoms with Gasteiger partial charge in [0.15, 0.2) is 9.96 Å². The van der Waals surface area contributed by atoms with Crippen LogP contribution in [0.1, 0.15) is 0 Å². The first-order valence-electron chi connectivity index (χ1n) is 6.41. The first-order chi connectivity index (χ1) is 10.2. The first-order valence-corrected chi connectivity index (χ1v) is 8.40. The van der Waals surface area contributed by atoms with Gasteiger partial charge in [-0.25, -0.2) is 18.5 Å². The topological polar surface area (TPSA) is 95.6 Å². The van der Waals surface area contributed by atoms with Gasteiger partial charge in [0, 0.05) is 44.0 Å². The van der Waals surface area contributed by atoms with Crippen molar-refractivity contribution in [2.75, 3.05) is 36.8 Å². The van der Waals surface area contributed by atoms with Gasteiger partial charge in [0.1, 0.15) is 11.0 Å². The second kappa shape index (κ2) is 5.96. The standard InChI is InChI=1S/C12H15N5O2S2/c13-9-8-20-11(10(9)18)21(19)17-6-4-16(5-7-17)12-14-2-1-3-15-12/h1-3,8,18H,4-7,13H2. The molecular weight excluding hydrogens is 310 g/mol. The minimum atomic E-state index is -1.38. The number of aromatic nitrogens is 2. The van der Waals surface area contributed by atoms with Crippen LogP contribution in [0.25, 0.3) is 0 Å². The highest BCUT2D eigenvalue weighted by atomic mass is 32.2. The second-order valence-electron chi connectivity index (χ2n) is 4.54. The number of aromatic hydroxyl groups is 1. The van der Waals surface area contributed by atoms with E-state index in [0.29, 0.717) is 36.3 Å². The molecule has 1 atom stereocenters. The van der Waals surface area contributed by atoms with Crippen molar-refractivity contribution in [3.05, 3.63) is 23.8 Å². The Hall–Kier alpha value is -1.71. The van der Waals surface area contributed by atoms with E-state index in [1.165, 1.54) is 11.3 Å². The third-order valence-corrected chi connectivity index (χ3v) is 6.07. The van der Waals surface area contributed by atoms with E-state index in [1.807, 2.05) is 4.31 Å². The Morgan fingerprint density at radius 3 is 2.48 bits per heavy atom. The summed E-state index contributed by atoms with van der Waals surface area (Å²) in [5.41, 5.74) is 5.87. The van der Waals surface area contributed by atoms with Gasteiger partial charge in [0.2, 0.25) is 5.95 Å². The summed E-state index contributed by atoms with van der Waals surface area (Å²) >= 11 is 1.22. The van der Waals surface area contributed by atoms with E-state index in [0.717, 1.165) is 0 Å². The van der Waals surface area contributed by atoms with Crippen LogP contribution in [0.2, 0.25) is 0 Å². The molecule has 1 fully saturated rings. The molecule has 0 aromatic carbocycles. The Kier molecular flexibility index (Phi) is 4.04. The van der Waals surface area contributed by atoms with Gasteiger partial charge in [0.05, 0.1) is 5.69 Å². The summed E-state index contributed by atoms with van der Waals surface area (Å²) in [6.45, 7) is 2.61. The fourth-order valence-electron chi connectivity index (χ4n) is 2.10. The highest BCUT2D eigenvalue weighted by Gasteiger charge is 2.26. The number of anilines is 2. The van der Waals surface area contributed by atoms with Gasteiger partial charge in [-0.3, -0.25) is 0 Å². The largest absolute Gasteiger partial charge is 0.504 e. The van der Waals surface area contributed by atoms with Crippen molar-refractivity contribution in [2.45, 2.75) is 4.21 Å². The summed E-state index contributed by atoms with van der Waals surface area (Å²) < 4.78 is 14.7. The minimum absolute atomic E-state index is 0.0628. The Morgan fingerprint density at radius 2 is 1.90 bits per heavy atom. The summed E-state index contributed by atoms with van der Waals surface area (Å²) in [7, 11) is -1.38. The van der Waals surface area contributed by atoms with Gasteiger partial charge in [0.25, 0.3) is 0 Å². The van der Waals surface area contributed by atoms with Crippen LogP contribution in [0, 0.1) is 0 Å². The highest BCUT2D eigenvalue weighted by Crippen LogP contribution is 2.35. The Morgan fingerprint density at radius 1 is 1.24 bits per heavy atom. The van der Waals surface area contributed by atoms with Gasteiger partial charge < -0.3 is 15.7 Å². The van der Waals surface area contributed by atoms with Crippen LogP contribution in [0.15, 0.2) is 28.0 Å². The van der Waals surface area contributed by atoms with Crippen LogP contribution in [-0.2, 0) is 11.0 Å². The van der Waals surface area contributed by atoms with Gasteiger partial charge in [-0.2, -0.15) is 0 Å². The molecule has 0 bridgehead atoms. The lowest BCUT2D eigenvalue weighted by Gasteiger charge is -2.33. The van der Waals surface area contributed by atoms with Gasteiger partial charge in [-0.05, 0) is 6.07 Å². The van der Waals surface area contributed by atoms with Crippen LogP contribution in [0.4, 0.5) is 11.6 Å². The predicted octanol–water partition coefficient (Wildman–Crippen LogP) is 0.671. The zero-order valence-electron chi connectivity index (χ0n) is 11.2. The second-order valence-corrected chi connectivity index (χ2v) is 7.10. The Labute approximate surface area is 128 Å². The summed E-state index contributed by atoms with van der Waals surface area (Å²) in [6, 6.07) is 1.78. The maximum absolute atomic E-state index is 12.5. The van der Waals surface area contributed by atoms with E-state index < -0.39 is 11.0 Å². The summed E-state index contributed by atoms with van der Waals surface area (Å²) in [5, 5.41) is 11.4. The molecule has 0 spiro atoms. The molecule has 7 nitrogen and oxygen atoms in total. The molecule has 1 aliphatic heterocycles. The molecule has 9 heteroatoms. The fraction of sp³-hybridized carbons (Fsp3) is 0.333. The van der Waals surface area contributed by atoms with Crippen molar-refractivity contribution < 1.29 is 9.32 Å². The molecule has 0 aliphatic carbocycles. The van der Waals surface area contributed by atoms with Crippen molar-refractivity contribution in [1.82, 2.24) is 14.3 Å². The third kappa shape index (κ3) is 2.85. The molecule has 0 radical (unpaired) electrons. The average Bonchev–Trinajstić information content (AvgIpc) is 2.87. The normalized spacial score (nSPS) is 17.8. The molecule has 1 aliphatic rings. The Bertz CT molecular complexity index is 640. The van der Waals surface area contributed by atoms with Crippen LogP contribution < -0.4 is 10.6 Å². The van der Waals surface area contributed by atoms with E-state index in [2.05, 4.69) is 14.9 Å². The van der Waals surface area contributed by atoms with Crippen molar-refractivity contribution in [3.8, 4) is 5.75 Å². The molecule has 1 saturated heterocycles. The molecule has 21 heavy (non-hydrogen) atoms. The quantitative estimate of drug-likeness (QED) is 0.861. The van der Waals surface area contributed by atoms with Crippen molar-refractivity contribution in [2.24, 2.45) is 0 Å². The summed E-state index contributed by atoms with van der Waals surface area (Å²) in [6.07, 6.45) is 3.42. The van der Waals surface area contributed by atoms with E-state index in [1.54, 1.807) is 23.8 Å². The maximum atomic E-state index is 12.5. The minimum Gasteiger partial charge on any atom is -0.504 e. The van der Waals surface area contributed by atoms with Gasteiger partial charge in [-0.15, -0.1) is 11.3 Å². The highest BCUT2D eigenvalue weighted by molar-refractivity contribution is 7.85. The SMILES string of the molecule is Nc1csc(S(=O)N2CCN(c3ncccn3)CC2)c1O. The molecule has 3 heterocycles. The number of nitrogens with two attached hydrogens (primary N) is 1. The maximum Gasteiger partial charge on any atom is 0.225 e. The van der Waals surface area contributed by atoms with E-state index in [9.17, 15) is 9.32 Å². The monoisotopic (exact) mass is 325 g/mol. The number of rotatable bonds is 3. The van der Waals surface area contributed by atoms with Gasteiger partial charge in [-0.1, -0.05) is 0 Å². The fourth-order valence-corrected chi connectivity index (χ4v) is 4.47.